The minimum Gasteiger partial charge on any atom is -0.382 e. The second kappa shape index (κ2) is 6.68. The molecule has 5 nitrogen and oxygen atoms in total. The fourth-order valence-electron chi connectivity index (χ4n) is 3.12. The van der Waals surface area contributed by atoms with Gasteiger partial charge >= 0.3 is 0 Å². The molecule has 27 heavy (non-hydrogen) atoms. The molecule has 0 saturated heterocycles. The van der Waals surface area contributed by atoms with Gasteiger partial charge in [0.1, 0.15) is 5.82 Å². The molecule has 2 aromatic carbocycles. The molecular formula is C19H15ClF2N4O. The maximum Gasteiger partial charge on any atom is 0.157 e. The summed E-state index contributed by atoms with van der Waals surface area (Å²) in [4.78, 5) is 1.51. The van der Waals surface area contributed by atoms with Crippen LogP contribution in [0.15, 0.2) is 53.7 Å². The Balaban J connectivity index is 1.86. The van der Waals surface area contributed by atoms with Gasteiger partial charge in [0.25, 0.3) is 0 Å². The smallest absolute Gasteiger partial charge is 0.157 e. The summed E-state index contributed by atoms with van der Waals surface area (Å²) in [5.74, 6) is -1.08. The predicted octanol–water partition coefficient (Wildman–Crippen LogP) is 4.52. The summed E-state index contributed by atoms with van der Waals surface area (Å²) < 4.78 is 35.3. The summed E-state index contributed by atoms with van der Waals surface area (Å²) >= 11 is 6.05. The van der Waals surface area contributed by atoms with Crippen LogP contribution in [0.2, 0.25) is 0 Å². The van der Waals surface area contributed by atoms with Crippen molar-refractivity contribution in [3.8, 4) is 11.1 Å². The van der Waals surface area contributed by atoms with Crippen molar-refractivity contribution in [2.24, 2.45) is 0 Å². The zero-order chi connectivity index (χ0) is 19.1. The normalized spacial score (nSPS) is 16.8. The first-order valence-electron chi connectivity index (χ1n) is 8.08. The zero-order valence-corrected chi connectivity index (χ0v) is 15.0. The van der Waals surface area contributed by atoms with Gasteiger partial charge in [-0.2, -0.15) is 5.10 Å². The Labute approximate surface area is 158 Å². The largest absolute Gasteiger partial charge is 0.382 e. The molecule has 0 bridgehead atoms. The van der Waals surface area contributed by atoms with Crippen molar-refractivity contribution < 1.29 is 13.5 Å². The van der Waals surface area contributed by atoms with E-state index in [0.29, 0.717) is 27.3 Å². The molecule has 0 aliphatic carbocycles. The van der Waals surface area contributed by atoms with E-state index in [1.165, 1.54) is 30.3 Å². The van der Waals surface area contributed by atoms with Crippen LogP contribution in [0.25, 0.3) is 22.0 Å². The molecule has 0 amide bonds. The molecule has 3 N–H and O–H groups in total. The Kier molecular flexibility index (Phi) is 4.33. The van der Waals surface area contributed by atoms with Crippen LogP contribution >= 0.6 is 11.6 Å². The number of rotatable bonds is 3. The Morgan fingerprint density at radius 2 is 2.07 bits per heavy atom. The Morgan fingerprint density at radius 1 is 1.26 bits per heavy atom. The summed E-state index contributed by atoms with van der Waals surface area (Å²) in [6.07, 6.45) is 4.32. The van der Waals surface area contributed by atoms with Gasteiger partial charge in [-0.3, -0.25) is 5.10 Å². The van der Waals surface area contributed by atoms with Crippen LogP contribution in [0.3, 0.4) is 0 Å². The van der Waals surface area contributed by atoms with E-state index in [-0.39, 0.29) is 11.3 Å². The monoisotopic (exact) mass is 388 g/mol. The SMILES string of the molecule is COC1C=CC(Cl)=CN1c1ccc(F)c(-c2ccc3c(N)n[nH]c3c2)c1F. The van der Waals surface area contributed by atoms with Gasteiger partial charge in [-0.05, 0) is 42.0 Å². The average Bonchev–Trinajstić information content (AvgIpc) is 3.02. The second-order valence-corrected chi connectivity index (χ2v) is 6.47. The lowest BCUT2D eigenvalue weighted by Crippen LogP contribution is -2.33. The van der Waals surface area contributed by atoms with E-state index in [1.54, 1.807) is 30.4 Å². The van der Waals surface area contributed by atoms with Crippen LogP contribution in [0.5, 0.6) is 0 Å². The van der Waals surface area contributed by atoms with Crippen LogP contribution < -0.4 is 10.6 Å². The number of anilines is 2. The molecule has 1 aliphatic heterocycles. The van der Waals surface area contributed by atoms with Gasteiger partial charge in [0.05, 0.1) is 21.8 Å². The molecule has 1 atom stereocenters. The van der Waals surface area contributed by atoms with Crippen LogP contribution in [0.1, 0.15) is 0 Å². The lowest BCUT2D eigenvalue weighted by molar-refractivity contribution is 0.143. The molecule has 1 aromatic heterocycles. The average molecular weight is 389 g/mol. The number of benzene rings is 2. The van der Waals surface area contributed by atoms with Crippen molar-refractivity contribution in [1.82, 2.24) is 10.2 Å². The van der Waals surface area contributed by atoms with E-state index in [4.69, 9.17) is 22.1 Å². The molecule has 0 saturated carbocycles. The fourth-order valence-corrected chi connectivity index (χ4v) is 3.29. The Bertz CT molecular complexity index is 1090. The van der Waals surface area contributed by atoms with E-state index >= 15 is 4.39 Å². The minimum absolute atomic E-state index is 0.143. The van der Waals surface area contributed by atoms with Crippen molar-refractivity contribution in [3.63, 3.8) is 0 Å². The second-order valence-electron chi connectivity index (χ2n) is 6.03. The van der Waals surface area contributed by atoms with Crippen LogP contribution in [-0.4, -0.2) is 23.5 Å². The molecule has 3 aromatic rings. The molecule has 0 fully saturated rings. The van der Waals surface area contributed by atoms with Gasteiger partial charge in [0.15, 0.2) is 17.9 Å². The highest BCUT2D eigenvalue weighted by Gasteiger charge is 2.24. The highest BCUT2D eigenvalue weighted by atomic mass is 35.5. The van der Waals surface area contributed by atoms with Crippen molar-refractivity contribution in [2.45, 2.75) is 6.23 Å². The Morgan fingerprint density at radius 3 is 2.85 bits per heavy atom. The number of aromatic nitrogens is 2. The molecule has 2 heterocycles. The summed E-state index contributed by atoms with van der Waals surface area (Å²) in [5, 5.41) is 7.75. The van der Waals surface area contributed by atoms with Gasteiger partial charge in [0.2, 0.25) is 0 Å². The molecular weight excluding hydrogens is 374 g/mol. The summed E-state index contributed by atoms with van der Waals surface area (Å²) in [7, 11) is 1.49. The minimum atomic E-state index is -0.722. The number of nitrogen functional groups attached to an aromatic ring is 1. The van der Waals surface area contributed by atoms with Crippen LogP contribution in [0.4, 0.5) is 20.3 Å². The molecule has 1 unspecified atom stereocenters. The third kappa shape index (κ3) is 2.94. The van der Waals surface area contributed by atoms with Gasteiger partial charge in [0, 0.05) is 18.7 Å². The van der Waals surface area contributed by atoms with Gasteiger partial charge < -0.3 is 15.4 Å². The highest BCUT2D eigenvalue weighted by Crippen LogP contribution is 2.36. The van der Waals surface area contributed by atoms with Crippen molar-refractivity contribution in [3.05, 3.63) is 65.4 Å². The number of H-pyrrole nitrogens is 1. The molecule has 8 heteroatoms. The number of allylic oxidation sites excluding steroid dienone is 2. The van der Waals surface area contributed by atoms with Gasteiger partial charge in [-0.1, -0.05) is 17.7 Å². The van der Waals surface area contributed by atoms with E-state index in [9.17, 15) is 4.39 Å². The number of aromatic amines is 1. The standard InChI is InChI=1S/C19H15ClF2N4O/c1-27-16-7-3-11(20)9-26(16)15-6-5-13(21)17(18(15)22)10-2-4-12-14(8-10)24-25-19(12)23/h2-9,16H,1H3,(H3,23,24,25). The van der Waals surface area contributed by atoms with E-state index in [1.807, 2.05) is 0 Å². The van der Waals surface area contributed by atoms with Crippen molar-refractivity contribution in [2.75, 3.05) is 17.7 Å². The number of ether oxygens (including phenoxy) is 1. The summed E-state index contributed by atoms with van der Waals surface area (Å²) in [6.45, 7) is 0. The van der Waals surface area contributed by atoms with Crippen LogP contribution in [-0.2, 0) is 4.74 Å². The topological polar surface area (TPSA) is 67.2 Å². The third-order valence-electron chi connectivity index (χ3n) is 4.43. The number of fused-ring (bicyclic) bond motifs is 1. The van der Waals surface area contributed by atoms with Gasteiger partial charge in [-0.25, -0.2) is 8.78 Å². The number of hydrogen-bond donors (Lipinski definition) is 2. The maximum atomic E-state index is 15.4. The molecule has 0 radical (unpaired) electrons. The first-order valence-corrected chi connectivity index (χ1v) is 8.46. The molecule has 0 spiro atoms. The molecule has 138 valence electrons. The number of methoxy groups -OCH3 is 1. The maximum absolute atomic E-state index is 15.4. The lowest BCUT2D eigenvalue weighted by Gasteiger charge is -2.30. The van der Waals surface area contributed by atoms with Crippen molar-refractivity contribution >= 4 is 34.0 Å². The summed E-state index contributed by atoms with van der Waals surface area (Å²) in [6, 6.07) is 7.45. The van der Waals surface area contributed by atoms with E-state index in [2.05, 4.69) is 10.2 Å². The molecule has 1 aliphatic rings. The van der Waals surface area contributed by atoms with Gasteiger partial charge in [-0.15, -0.1) is 0 Å². The fraction of sp³-hybridized carbons (Fsp3) is 0.105. The zero-order valence-electron chi connectivity index (χ0n) is 14.2. The number of nitrogens with two attached hydrogens (primary N) is 1. The first-order chi connectivity index (χ1) is 13.0. The first kappa shape index (κ1) is 17.5. The van der Waals surface area contributed by atoms with Crippen molar-refractivity contribution in [1.29, 1.82) is 0 Å². The Hall–Kier alpha value is -2.90. The third-order valence-corrected chi connectivity index (χ3v) is 4.65. The summed E-state index contributed by atoms with van der Waals surface area (Å²) in [5.41, 5.74) is 6.69. The molecule has 4 rings (SSSR count). The van der Waals surface area contributed by atoms with E-state index in [0.717, 1.165) is 0 Å². The number of nitrogens with one attached hydrogen (secondary N) is 1. The lowest BCUT2D eigenvalue weighted by atomic mass is 10.0. The highest BCUT2D eigenvalue weighted by molar-refractivity contribution is 6.31. The quantitative estimate of drug-likeness (QED) is 0.692. The number of nitrogens with zero attached hydrogens (tertiary/aromatic N) is 2. The van der Waals surface area contributed by atoms with Crippen LogP contribution in [0, 0.1) is 11.6 Å². The van der Waals surface area contributed by atoms with E-state index < -0.39 is 17.9 Å². The number of halogens is 3. The predicted molar refractivity (Wildman–Crippen MR) is 102 cm³/mol. The number of hydrogen-bond acceptors (Lipinski definition) is 4.